The molecule has 4 nitrogen and oxygen atoms in total. The number of thiophene rings is 1. The fraction of sp³-hybridized carbons (Fsp3) is 0.0909. The Balaban J connectivity index is 2.26. The molecule has 0 aromatic carbocycles. The summed E-state index contributed by atoms with van der Waals surface area (Å²) in [4.78, 5) is 9.59. The molecule has 80 valence electrons. The smallest absolute Gasteiger partial charge is 0.219 e. The normalized spacial score (nSPS) is 11.1. The predicted octanol–water partition coefficient (Wildman–Crippen LogP) is 2.47. The van der Waals surface area contributed by atoms with Gasteiger partial charge in [-0.15, -0.1) is 11.3 Å². The predicted molar refractivity (Wildman–Crippen MR) is 62.7 cm³/mol. The van der Waals surface area contributed by atoms with Crippen molar-refractivity contribution in [1.82, 2.24) is 14.4 Å². The van der Waals surface area contributed by atoms with E-state index in [-0.39, 0.29) is 5.88 Å². The number of aromatic hydroxyl groups is 1. The van der Waals surface area contributed by atoms with Crippen LogP contribution in [0.5, 0.6) is 5.88 Å². The first-order valence-corrected chi connectivity index (χ1v) is 5.71. The third kappa shape index (κ3) is 1.29. The van der Waals surface area contributed by atoms with Gasteiger partial charge in [0, 0.05) is 6.20 Å². The first-order chi connectivity index (χ1) is 7.75. The summed E-state index contributed by atoms with van der Waals surface area (Å²) in [5.41, 5.74) is 2.12. The molecule has 0 saturated heterocycles. The summed E-state index contributed by atoms with van der Waals surface area (Å²) in [5, 5.41) is 11.8. The molecule has 0 spiro atoms. The highest BCUT2D eigenvalue weighted by molar-refractivity contribution is 7.13. The largest absolute Gasteiger partial charge is 0.493 e. The minimum Gasteiger partial charge on any atom is -0.493 e. The van der Waals surface area contributed by atoms with E-state index in [1.165, 1.54) is 0 Å². The van der Waals surface area contributed by atoms with Crippen molar-refractivity contribution in [3.05, 3.63) is 35.6 Å². The highest BCUT2D eigenvalue weighted by atomic mass is 32.1. The van der Waals surface area contributed by atoms with Gasteiger partial charge in [-0.1, -0.05) is 6.07 Å². The van der Waals surface area contributed by atoms with E-state index in [2.05, 4.69) is 9.97 Å². The second-order valence-corrected chi connectivity index (χ2v) is 4.45. The Morgan fingerprint density at radius 3 is 3.06 bits per heavy atom. The van der Waals surface area contributed by atoms with E-state index in [1.807, 2.05) is 17.5 Å². The van der Waals surface area contributed by atoms with Gasteiger partial charge in [0.1, 0.15) is 5.69 Å². The molecule has 0 saturated carbocycles. The molecule has 16 heavy (non-hydrogen) atoms. The summed E-state index contributed by atoms with van der Waals surface area (Å²) < 4.78 is 1.65. The van der Waals surface area contributed by atoms with Crippen molar-refractivity contribution in [2.75, 3.05) is 0 Å². The van der Waals surface area contributed by atoms with Gasteiger partial charge < -0.3 is 5.11 Å². The maximum absolute atomic E-state index is 9.80. The van der Waals surface area contributed by atoms with Crippen LogP contribution in [0.2, 0.25) is 0 Å². The number of hydrogen-bond donors (Lipinski definition) is 1. The monoisotopic (exact) mass is 231 g/mol. The molecule has 0 bridgehead atoms. The first-order valence-electron chi connectivity index (χ1n) is 4.83. The fourth-order valence-electron chi connectivity index (χ4n) is 1.61. The molecule has 0 atom stereocenters. The highest BCUT2D eigenvalue weighted by Crippen LogP contribution is 2.25. The third-order valence-electron chi connectivity index (χ3n) is 2.42. The lowest BCUT2D eigenvalue weighted by Gasteiger charge is -1.99. The van der Waals surface area contributed by atoms with Crippen molar-refractivity contribution in [3.8, 4) is 16.5 Å². The SMILES string of the molecule is Cc1nc2cnc(-c3cccs3)cn2c1O. The lowest BCUT2D eigenvalue weighted by Crippen LogP contribution is -1.88. The van der Waals surface area contributed by atoms with E-state index >= 15 is 0 Å². The van der Waals surface area contributed by atoms with Gasteiger partial charge in [-0.3, -0.25) is 4.40 Å². The van der Waals surface area contributed by atoms with E-state index in [0.29, 0.717) is 11.3 Å². The molecule has 0 aliphatic heterocycles. The summed E-state index contributed by atoms with van der Waals surface area (Å²) in [5.74, 6) is 0.176. The number of imidazole rings is 1. The molecule has 0 fully saturated rings. The molecule has 5 heteroatoms. The highest BCUT2D eigenvalue weighted by Gasteiger charge is 2.09. The molecule has 0 amide bonds. The van der Waals surface area contributed by atoms with Crippen LogP contribution in [-0.4, -0.2) is 19.5 Å². The van der Waals surface area contributed by atoms with Crippen LogP contribution in [0.4, 0.5) is 0 Å². The number of fused-ring (bicyclic) bond motifs is 1. The maximum Gasteiger partial charge on any atom is 0.219 e. The van der Waals surface area contributed by atoms with Crippen molar-refractivity contribution in [3.63, 3.8) is 0 Å². The first kappa shape index (κ1) is 9.35. The Labute approximate surface area is 95.8 Å². The van der Waals surface area contributed by atoms with Crippen LogP contribution in [0.25, 0.3) is 16.2 Å². The topological polar surface area (TPSA) is 50.4 Å². The molecule has 3 aromatic rings. The number of rotatable bonds is 1. The van der Waals surface area contributed by atoms with Gasteiger partial charge in [0.15, 0.2) is 5.65 Å². The Kier molecular flexibility index (Phi) is 1.94. The van der Waals surface area contributed by atoms with Crippen LogP contribution in [0.15, 0.2) is 29.9 Å². The van der Waals surface area contributed by atoms with Gasteiger partial charge in [0.05, 0.1) is 16.8 Å². The standard InChI is InChI=1S/C11H9N3OS/c1-7-11(15)14-6-8(9-3-2-4-16-9)12-5-10(14)13-7/h2-6,15H,1H3. The molecule has 0 aliphatic rings. The van der Waals surface area contributed by atoms with Gasteiger partial charge in [-0.25, -0.2) is 9.97 Å². The average Bonchev–Trinajstić information content (AvgIpc) is 2.89. The van der Waals surface area contributed by atoms with E-state index < -0.39 is 0 Å². The van der Waals surface area contributed by atoms with Crippen LogP contribution in [0, 0.1) is 6.92 Å². The third-order valence-corrected chi connectivity index (χ3v) is 3.32. The van der Waals surface area contributed by atoms with E-state index in [1.54, 1.807) is 35.1 Å². The lowest BCUT2D eigenvalue weighted by molar-refractivity contribution is 0.444. The zero-order chi connectivity index (χ0) is 11.1. The molecule has 0 aliphatic carbocycles. The minimum atomic E-state index is 0.176. The summed E-state index contributed by atoms with van der Waals surface area (Å²) >= 11 is 1.62. The van der Waals surface area contributed by atoms with Gasteiger partial charge in [-0.2, -0.15) is 0 Å². The molecule has 0 radical (unpaired) electrons. The Morgan fingerprint density at radius 1 is 1.44 bits per heavy atom. The zero-order valence-corrected chi connectivity index (χ0v) is 9.40. The molecule has 0 unspecified atom stereocenters. The molecular weight excluding hydrogens is 222 g/mol. The van der Waals surface area contributed by atoms with Gasteiger partial charge in [-0.05, 0) is 18.4 Å². The molecule has 1 N–H and O–H groups in total. The number of nitrogens with zero attached hydrogens (tertiary/aromatic N) is 3. The summed E-state index contributed by atoms with van der Waals surface area (Å²) in [6.07, 6.45) is 3.47. The number of aromatic nitrogens is 3. The molecule has 3 heterocycles. The van der Waals surface area contributed by atoms with Crippen LogP contribution >= 0.6 is 11.3 Å². The van der Waals surface area contributed by atoms with Gasteiger partial charge in [0.25, 0.3) is 0 Å². The van der Waals surface area contributed by atoms with E-state index in [9.17, 15) is 5.11 Å². The van der Waals surface area contributed by atoms with Crippen molar-refractivity contribution in [2.45, 2.75) is 6.92 Å². The maximum atomic E-state index is 9.80. The van der Waals surface area contributed by atoms with E-state index in [0.717, 1.165) is 10.6 Å². The van der Waals surface area contributed by atoms with Gasteiger partial charge in [0.2, 0.25) is 5.88 Å². The fourth-order valence-corrected chi connectivity index (χ4v) is 2.30. The number of hydrogen-bond acceptors (Lipinski definition) is 4. The quantitative estimate of drug-likeness (QED) is 0.700. The number of aryl methyl sites for hydroxylation is 1. The molecule has 3 rings (SSSR count). The second-order valence-electron chi connectivity index (χ2n) is 3.50. The zero-order valence-electron chi connectivity index (χ0n) is 8.58. The Hall–Kier alpha value is -1.88. The van der Waals surface area contributed by atoms with Crippen LogP contribution in [0.1, 0.15) is 5.69 Å². The molecular formula is C11H9N3OS. The summed E-state index contributed by atoms with van der Waals surface area (Å²) in [6.45, 7) is 1.77. The van der Waals surface area contributed by atoms with Gasteiger partial charge >= 0.3 is 0 Å². The minimum absolute atomic E-state index is 0.176. The Morgan fingerprint density at radius 2 is 2.31 bits per heavy atom. The Bertz CT molecular complexity index is 643. The summed E-state index contributed by atoms with van der Waals surface area (Å²) in [6, 6.07) is 3.98. The van der Waals surface area contributed by atoms with Crippen LogP contribution in [-0.2, 0) is 0 Å². The van der Waals surface area contributed by atoms with Crippen molar-refractivity contribution in [2.24, 2.45) is 0 Å². The van der Waals surface area contributed by atoms with Crippen LogP contribution in [0.3, 0.4) is 0 Å². The van der Waals surface area contributed by atoms with Crippen molar-refractivity contribution in [1.29, 1.82) is 0 Å². The second kappa shape index (κ2) is 3.31. The lowest BCUT2D eigenvalue weighted by atomic mass is 10.3. The molecule has 3 aromatic heterocycles. The summed E-state index contributed by atoms with van der Waals surface area (Å²) in [7, 11) is 0. The average molecular weight is 231 g/mol. The van der Waals surface area contributed by atoms with Crippen molar-refractivity contribution < 1.29 is 5.11 Å². The van der Waals surface area contributed by atoms with Crippen LogP contribution < -0.4 is 0 Å². The van der Waals surface area contributed by atoms with E-state index in [4.69, 9.17) is 0 Å². The van der Waals surface area contributed by atoms with Crippen molar-refractivity contribution >= 4 is 17.0 Å².